The second-order valence-corrected chi connectivity index (χ2v) is 6.27. The lowest BCUT2D eigenvalue weighted by Crippen LogP contribution is -2.14. The SMILES string of the molecule is Cc1ccc(NS(=O)(=O)c2ccnc(Cl)c2)c([N+](=O)[O-])c1. The van der Waals surface area contributed by atoms with Gasteiger partial charge in [-0.25, -0.2) is 13.4 Å². The summed E-state index contributed by atoms with van der Waals surface area (Å²) in [5.41, 5.74) is 0.217. The van der Waals surface area contributed by atoms with Crippen molar-refractivity contribution in [2.24, 2.45) is 0 Å². The van der Waals surface area contributed by atoms with Crippen molar-refractivity contribution in [1.29, 1.82) is 0 Å². The van der Waals surface area contributed by atoms with Crippen LogP contribution in [0.4, 0.5) is 11.4 Å². The van der Waals surface area contributed by atoms with Gasteiger partial charge in [-0.15, -0.1) is 0 Å². The van der Waals surface area contributed by atoms with E-state index in [1.165, 1.54) is 24.4 Å². The van der Waals surface area contributed by atoms with E-state index in [-0.39, 0.29) is 21.4 Å². The van der Waals surface area contributed by atoms with Crippen molar-refractivity contribution in [3.63, 3.8) is 0 Å². The maximum atomic E-state index is 12.2. The number of aryl methyl sites for hydroxylation is 1. The monoisotopic (exact) mass is 327 g/mol. The van der Waals surface area contributed by atoms with Gasteiger partial charge >= 0.3 is 0 Å². The average Bonchev–Trinajstić information content (AvgIpc) is 2.40. The first-order valence-electron chi connectivity index (χ1n) is 5.69. The molecule has 21 heavy (non-hydrogen) atoms. The number of aromatic nitrogens is 1. The minimum absolute atomic E-state index is 0.0104. The Morgan fingerprint density at radius 3 is 2.62 bits per heavy atom. The van der Waals surface area contributed by atoms with E-state index in [9.17, 15) is 18.5 Å². The van der Waals surface area contributed by atoms with Crippen LogP contribution in [0.15, 0.2) is 41.4 Å². The molecule has 0 unspecified atom stereocenters. The summed E-state index contributed by atoms with van der Waals surface area (Å²) in [6, 6.07) is 6.60. The highest BCUT2D eigenvalue weighted by molar-refractivity contribution is 7.92. The number of hydrogen-bond acceptors (Lipinski definition) is 5. The molecule has 1 aromatic carbocycles. The van der Waals surface area contributed by atoms with Gasteiger partial charge < -0.3 is 0 Å². The number of benzene rings is 1. The van der Waals surface area contributed by atoms with Crippen LogP contribution in [0.1, 0.15) is 5.56 Å². The van der Waals surface area contributed by atoms with Crippen molar-refractivity contribution >= 4 is 33.0 Å². The van der Waals surface area contributed by atoms with E-state index in [4.69, 9.17) is 11.6 Å². The zero-order valence-electron chi connectivity index (χ0n) is 10.8. The van der Waals surface area contributed by atoms with Crippen LogP contribution >= 0.6 is 11.6 Å². The highest BCUT2D eigenvalue weighted by Crippen LogP contribution is 2.28. The van der Waals surface area contributed by atoms with Crippen molar-refractivity contribution in [1.82, 2.24) is 4.98 Å². The maximum Gasteiger partial charge on any atom is 0.293 e. The maximum absolute atomic E-state index is 12.2. The molecule has 0 radical (unpaired) electrons. The van der Waals surface area contributed by atoms with Gasteiger partial charge in [-0.1, -0.05) is 17.7 Å². The molecule has 0 saturated carbocycles. The fourth-order valence-electron chi connectivity index (χ4n) is 1.63. The summed E-state index contributed by atoms with van der Waals surface area (Å²) >= 11 is 5.64. The Morgan fingerprint density at radius 1 is 1.29 bits per heavy atom. The van der Waals surface area contributed by atoms with Crippen molar-refractivity contribution in [2.45, 2.75) is 11.8 Å². The normalized spacial score (nSPS) is 11.1. The van der Waals surface area contributed by atoms with Crippen LogP contribution in [-0.2, 0) is 10.0 Å². The smallest absolute Gasteiger partial charge is 0.273 e. The first-order valence-corrected chi connectivity index (χ1v) is 7.55. The molecule has 2 rings (SSSR count). The average molecular weight is 328 g/mol. The second-order valence-electron chi connectivity index (χ2n) is 4.20. The van der Waals surface area contributed by atoms with E-state index in [0.29, 0.717) is 5.56 Å². The van der Waals surface area contributed by atoms with Crippen LogP contribution in [-0.4, -0.2) is 18.3 Å². The van der Waals surface area contributed by atoms with E-state index >= 15 is 0 Å². The van der Waals surface area contributed by atoms with E-state index in [1.807, 2.05) is 0 Å². The Hall–Kier alpha value is -2.19. The van der Waals surface area contributed by atoms with Crippen LogP contribution in [0.5, 0.6) is 0 Å². The Morgan fingerprint density at radius 2 is 2.00 bits per heavy atom. The van der Waals surface area contributed by atoms with Gasteiger partial charge in [-0.2, -0.15) is 0 Å². The lowest BCUT2D eigenvalue weighted by atomic mass is 10.2. The van der Waals surface area contributed by atoms with E-state index in [0.717, 1.165) is 6.07 Å². The van der Waals surface area contributed by atoms with E-state index < -0.39 is 14.9 Å². The third kappa shape index (κ3) is 3.47. The molecule has 7 nitrogen and oxygen atoms in total. The van der Waals surface area contributed by atoms with Crippen LogP contribution in [0.2, 0.25) is 5.15 Å². The Bertz CT molecular complexity index is 808. The van der Waals surface area contributed by atoms with Gasteiger partial charge in [0, 0.05) is 12.3 Å². The first kappa shape index (κ1) is 15.2. The number of nitro groups is 1. The third-order valence-electron chi connectivity index (χ3n) is 2.60. The largest absolute Gasteiger partial charge is 0.293 e. The number of nitro benzene ring substituents is 1. The zero-order chi connectivity index (χ0) is 15.6. The number of anilines is 1. The van der Waals surface area contributed by atoms with Crippen LogP contribution in [0, 0.1) is 17.0 Å². The summed E-state index contributed by atoms with van der Waals surface area (Å²) in [5.74, 6) is 0. The number of rotatable bonds is 4. The number of sulfonamides is 1. The molecule has 0 amide bonds. The highest BCUT2D eigenvalue weighted by atomic mass is 35.5. The third-order valence-corrected chi connectivity index (χ3v) is 4.17. The van der Waals surface area contributed by atoms with E-state index in [1.54, 1.807) is 13.0 Å². The molecule has 2 aromatic rings. The minimum atomic E-state index is -3.98. The summed E-state index contributed by atoms with van der Waals surface area (Å²) in [7, 11) is -3.98. The molecular formula is C12H10ClN3O4S. The summed E-state index contributed by atoms with van der Waals surface area (Å²) in [6.07, 6.45) is 1.24. The van der Waals surface area contributed by atoms with Gasteiger partial charge in [0.15, 0.2) is 0 Å². The minimum Gasteiger partial charge on any atom is -0.273 e. The summed E-state index contributed by atoms with van der Waals surface area (Å²) in [6.45, 7) is 1.67. The zero-order valence-corrected chi connectivity index (χ0v) is 12.4. The molecule has 110 valence electrons. The molecule has 0 aliphatic heterocycles. The van der Waals surface area contributed by atoms with Gasteiger partial charge in [0.25, 0.3) is 15.7 Å². The summed E-state index contributed by atoms with van der Waals surface area (Å²) in [4.78, 5) is 13.9. The highest BCUT2D eigenvalue weighted by Gasteiger charge is 2.21. The first-order chi connectivity index (χ1) is 9.79. The van der Waals surface area contributed by atoms with Crippen molar-refractivity contribution < 1.29 is 13.3 Å². The molecule has 0 fully saturated rings. The van der Waals surface area contributed by atoms with Gasteiger partial charge in [0.1, 0.15) is 10.8 Å². The van der Waals surface area contributed by atoms with Gasteiger partial charge in [0.05, 0.1) is 9.82 Å². The molecule has 0 saturated heterocycles. The quantitative estimate of drug-likeness (QED) is 0.528. The number of pyridine rings is 1. The summed E-state index contributed by atoms with van der Waals surface area (Å²) < 4.78 is 26.6. The predicted octanol–water partition coefficient (Wildman–Crippen LogP) is 2.75. The molecular weight excluding hydrogens is 318 g/mol. The lowest BCUT2D eigenvalue weighted by molar-refractivity contribution is -0.383. The number of hydrogen-bond donors (Lipinski definition) is 1. The van der Waals surface area contributed by atoms with Crippen LogP contribution in [0.25, 0.3) is 0 Å². The van der Waals surface area contributed by atoms with Gasteiger partial charge in [0.2, 0.25) is 0 Å². The fourth-order valence-corrected chi connectivity index (χ4v) is 2.96. The van der Waals surface area contributed by atoms with Crippen LogP contribution in [0.3, 0.4) is 0 Å². The van der Waals surface area contributed by atoms with Gasteiger partial charge in [-0.3, -0.25) is 14.8 Å². The predicted molar refractivity (Wildman–Crippen MR) is 77.9 cm³/mol. The van der Waals surface area contributed by atoms with Crippen LogP contribution < -0.4 is 4.72 Å². The molecule has 0 bridgehead atoms. The lowest BCUT2D eigenvalue weighted by Gasteiger charge is -2.09. The molecule has 0 atom stereocenters. The molecule has 1 aromatic heterocycles. The Kier molecular flexibility index (Phi) is 4.10. The van der Waals surface area contributed by atoms with E-state index in [2.05, 4.69) is 9.71 Å². The second kappa shape index (κ2) is 5.66. The number of nitrogens with zero attached hydrogens (tertiary/aromatic N) is 2. The molecule has 9 heteroatoms. The molecule has 0 aliphatic carbocycles. The molecule has 0 spiro atoms. The molecule has 1 heterocycles. The Labute approximate surface area is 125 Å². The Balaban J connectivity index is 2.44. The number of nitrogens with one attached hydrogen (secondary N) is 1. The van der Waals surface area contributed by atoms with Crippen molar-refractivity contribution in [2.75, 3.05) is 4.72 Å². The van der Waals surface area contributed by atoms with Crippen molar-refractivity contribution in [3.8, 4) is 0 Å². The molecule has 1 N–H and O–H groups in total. The number of halogens is 1. The fraction of sp³-hybridized carbons (Fsp3) is 0.0833. The van der Waals surface area contributed by atoms with Gasteiger partial charge in [-0.05, 0) is 30.7 Å². The topological polar surface area (TPSA) is 102 Å². The summed E-state index contributed by atoms with van der Waals surface area (Å²) in [5, 5.41) is 11.0. The van der Waals surface area contributed by atoms with Crippen molar-refractivity contribution in [3.05, 3.63) is 57.4 Å². The molecule has 0 aliphatic rings. The standard InChI is InChI=1S/C12H10ClN3O4S/c1-8-2-3-10(11(6-8)16(17)18)15-21(19,20)9-4-5-14-12(13)7-9/h2-7,15H,1H3.